The lowest BCUT2D eigenvalue weighted by Gasteiger charge is -2.16. The van der Waals surface area contributed by atoms with E-state index in [1.165, 1.54) is 29.2 Å². The fourth-order valence-corrected chi connectivity index (χ4v) is 6.04. The lowest BCUT2D eigenvalue weighted by atomic mass is 10.2. The Morgan fingerprint density at radius 3 is 2.20 bits per heavy atom. The Hall–Kier alpha value is -4.16. The van der Waals surface area contributed by atoms with Crippen LogP contribution in [0.25, 0.3) is 0 Å². The van der Waals surface area contributed by atoms with Gasteiger partial charge in [0, 0.05) is 18.5 Å². The highest BCUT2D eigenvalue weighted by molar-refractivity contribution is 7.20. The number of thiophene rings is 1. The number of hydrogen-bond acceptors (Lipinski definition) is 12. The zero-order valence-electron chi connectivity index (χ0n) is 23.5. The second-order valence-electron chi connectivity index (χ2n) is 9.77. The number of rotatable bonds is 13. The minimum absolute atomic E-state index is 0.170. The molecule has 1 saturated heterocycles. The van der Waals surface area contributed by atoms with Gasteiger partial charge in [0.15, 0.2) is 0 Å². The first-order chi connectivity index (χ1) is 20.0. The molecule has 2 aromatic heterocycles. The summed E-state index contributed by atoms with van der Waals surface area (Å²) >= 11 is 3.20. The molecule has 0 atom stereocenters. The fourth-order valence-electron chi connectivity index (χ4n) is 4.47. The average Bonchev–Trinajstić information content (AvgIpc) is 3.73. The molecule has 1 fully saturated rings. The molecule has 0 saturated carbocycles. The molecule has 10 nitrogen and oxygen atoms in total. The van der Waals surface area contributed by atoms with Crippen molar-refractivity contribution in [2.24, 2.45) is 0 Å². The maximum Gasteiger partial charge on any atom is 0.311 e. The number of ether oxygens (including phenoxy) is 1. The number of nitrogens with zero attached hydrogens (tertiary/aromatic N) is 2. The van der Waals surface area contributed by atoms with E-state index in [9.17, 15) is 4.79 Å². The van der Waals surface area contributed by atoms with Crippen LogP contribution in [-0.2, 0) is 16.0 Å². The van der Waals surface area contributed by atoms with Crippen molar-refractivity contribution in [1.29, 1.82) is 0 Å². The van der Waals surface area contributed by atoms with E-state index in [4.69, 9.17) is 4.74 Å². The van der Waals surface area contributed by atoms with Gasteiger partial charge >= 0.3 is 5.97 Å². The Bertz CT molecular complexity index is 1460. The minimum atomic E-state index is -0.273. The number of aryl methyl sites for hydroxylation is 2. The summed E-state index contributed by atoms with van der Waals surface area (Å²) in [6.07, 6.45) is 2.73. The van der Waals surface area contributed by atoms with Gasteiger partial charge in [-0.25, -0.2) is 4.98 Å². The predicted octanol–water partition coefficient (Wildman–Crippen LogP) is 6.84. The van der Waals surface area contributed by atoms with Gasteiger partial charge in [0.05, 0.1) is 46.5 Å². The number of hydrogen-bond donors (Lipinski definition) is 6. The molecule has 0 radical (unpaired) electrons. The summed E-state index contributed by atoms with van der Waals surface area (Å²) in [7, 11) is 0. The van der Waals surface area contributed by atoms with Crippen molar-refractivity contribution in [2.45, 2.75) is 40.0 Å². The number of anilines is 7. The number of thiazole rings is 1. The second kappa shape index (κ2) is 13.5. The van der Waals surface area contributed by atoms with E-state index >= 15 is 0 Å². The Kier molecular flexibility index (Phi) is 9.32. The van der Waals surface area contributed by atoms with Crippen molar-refractivity contribution >= 4 is 66.5 Å². The first-order valence-corrected chi connectivity index (χ1v) is 15.4. The smallest absolute Gasteiger partial charge is 0.311 e. The van der Waals surface area contributed by atoms with Gasteiger partial charge in [-0.05, 0) is 93.3 Å². The van der Waals surface area contributed by atoms with E-state index in [0.717, 1.165) is 52.0 Å². The van der Waals surface area contributed by atoms with Crippen LogP contribution in [0.15, 0.2) is 53.9 Å². The normalized spacial score (nSPS) is 12.6. The molecular formula is C29H36N8O2S2. The Morgan fingerprint density at radius 1 is 0.878 bits per heavy atom. The average molecular weight is 593 g/mol. The van der Waals surface area contributed by atoms with Gasteiger partial charge in [0.1, 0.15) is 5.00 Å². The molecular weight excluding hydrogens is 557 g/mol. The van der Waals surface area contributed by atoms with Gasteiger partial charge in [-0.3, -0.25) is 21.1 Å². The number of hydrazine groups is 3. The Balaban J connectivity index is 1.09. The van der Waals surface area contributed by atoms with Crippen LogP contribution in [0.1, 0.15) is 36.6 Å². The third-order valence-electron chi connectivity index (χ3n) is 6.62. The quantitative estimate of drug-likeness (QED) is 0.0728. The predicted molar refractivity (Wildman–Crippen MR) is 172 cm³/mol. The third kappa shape index (κ3) is 7.74. The van der Waals surface area contributed by atoms with E-state index in [-0.39, 0.29) is 12.4 Å². The molecule has 0 spiro atoms. The van der Waals surface area contributed by atoms with E-state index in [2.05, 4.69) is 73.6 Å². The van der Waals surface area contributed by atoms with E-state index in [1.54, 1.807) is 18.3 Å². The van der Waals surface area contributed by atoms with Crippen molar-refractivity contribution < 1.29 is 9.53 Å². The van der Waals surface area contributed by atoms with Crippen LogP contribution in [-0.4, -0.2) is 30.6 Å². The zero-order chi connectivity index (χ0) is 28.6. The molecule has 0 bridgehead atoms. The number of esters is 1. The lowest BCUT2D eigenvalue weighted by molar-refractivity contribution is -0.142. The van der Waals surface area contributed by atoms with Crippen molar-refractivity contribution in [3.63, 3.8) is 0 Å². The molecule has 3 heterocycles. The highest BCUT2D eigenvalue weighted by Gasteiger charge is 2.14. The largest absolute Gasteiger partial charge is 0.466 e. The van der Waals surface area contributed by atoms with Crippen molar-refractivity contribution in [2.75, 3.05) is 57.2 Å². The summed E-state index contributed by atoms with van der Waals surface area (Å²) in [5, 5.41) is 4.95. The molecule has 0 aliphatic carbocycles. The van der Waals surface area contributed by atoms with Gasteiger partial charge in [0.2, 0.25) is 5.13 Å². The number of aromatic nitrogens is 1. The van der Waals surface area contributed by atoms with E-state index in [1.807, 2.05) is 36.6 Å². The summed E-state index contributed by atoms with van der Waals surface area (Å²) in [5.74, 6) is -0.273. The van der Waals surface area contributed by atoms with Crippen molar-refractivity contribution in [1.82, 2.24) is 4.98 Å². The molecule has 0 unspecified atom stereocenters. The molecule has 0 amide bonds. The first-order valence-electron chi connectivity index (χ1n) is 13.7. The van der Waals surface area contributed by atoms with Crippen LogP contribution in [0.4, 0.5) is 37.9 Å². The highest BCUT2D eigenvalue weighted by atomic mass is 32.1. The summed E-state index contributed by atoms with van der Waals surface area (Å²) < 4.78 is 4.98. The molecule has 2 aromatic carbocycles. The zero-order valence-corrected chi connectivity index (χ0v) is 25.1. The van der Waals surface area contributed by atoms with Crippen molar-refractivity contribution in [3.05, 3.63) is 70.7 Å². The van der Waals surface area contributed by atoms with E-state index in [0.29, 0.717) is 17.4 Å². The maximum absolute atomic E-state index is 11.7. The van der Waals surface area contributed by atoms with Gasteiger partial charge in [-0.15, -0.1) is 11.3 Å². The molecule has 1 aliphatic heterocycles. The van der Waals surface area contributed by atoms with Gasteiger partial charge < -0.3 is 25.9 Å². The number of nitrogens with one attached hydrogen (secondary N) is 6. The SMILES string of the molecule is CCOC(=O)Cc1csc(NNc2ccc(NNc3ccc(NNc4ccc(N5CCCC5)s4)cc3C)cc2C)n1. The first kappa shape index (κ1) is 28.4. The topological polar surface area (TPSA) is 115 Å². The molecule has 1 aliphatic rings. The van der Waals surface area contributed by atoms with Crippen LogP contribution in [0, 0.1) is 13.8 Å². The molecule has 216 valence electrons. The van der Waals surface area contributed by atoms with Crippen LogP contribution in [0.5, 0.6) is 0 Å². The van der Waals surface area contributed by atoms with E-state index < -0.39 is 0 Å². The summed E-state index contributed by atoms with van der Waals surface area (Å²) in [5.41, 5.74) is 26.3. The van der Waals surface area contributed by atoms with Crippen LogP contribution >= 0.6 is 22.7 Å². The van der Waals surface area contributed by atoms with Crippen LogP contribution < -0.4 is 37.5 Å². The highest BCUT2D eigenvalue weighted by Crippen LogP contribution is 2.32. The van der Waals surface area contributed by atoms with Crippen LogP contribution in [0.3, 0.4) is 0 Å². The monoisotopic (exact) mass is 592 g/mol. The standard InChI is InChI=1S/C29H36N8O2S2/c1-4-39-28(38)17-23-18-40-29(30-23)36-34-25-10-7-21(15-20(25)3)31-33-24-9-8-22(16-19(24)2)32-35-26-11-12-27(41-26)37-13-5-6-14-37/h7-12,15-16,18,31-35H,4-6,13-14,17H2,1-3H3,(H,30,36). The number of carbonyl (C=O) groups excluding carboxylic acids is 1. The lowest BCUT2D eigenvalue weighted by Crippen LogP contribution is -2.15. The second-order valence-corrected chi connectivity index (χ2v) is 11.7. The Labute approximate surface area is 248 Å². The molecule has 5 rings (SSSR count). The van der Waals surface area contributed by atoms with Crippen molar-refractivity contribution in [3.8, 4) is 0 Å². The fraction of sp³-hybridized carbons (Fsp3) is 0.310. The minimum Gasteiger partial charge on any atom is -0.466 e. The maximum atomic E-state index is 11.7. The molecule has 41 heavy (non-hydrogen) atoms. The van der Waals surface area contributed by atoms with Gasteiger partial charge in [-0.1, -0.05) is 11.3 Å². The Morgan fingerprint density at radius 2 is 1.54 bits per heavy atom. The van der Waals surface area contributed by atoms with Crippen LogP contribution in [0.2, 0.25) is 0 Å². The number of carbonyl (C=O) groups is 1. The summed E-state index contributed by atoms with van der Waals surface area (Å²) in [6, 6.07) is 16.5. The summed E-state index contributed by atoms with van der Waals surface area (Å²) in [6.45, 7) is 8.58. The summed E-state index contributed by atoms with van der Waals surface area (Å²) in [4.78, 5) is 18.5. The number of benzene rings is 2. The molecule has 6 N–H and O–H groups in total. The van der Waals surface area contributed by atoms with Gasteiger partial charge in [-0.2, -0.15) is 0 Å². The van der Waals surface area contributed by atoms with Gasteiger partial charge in [0.25, 0.3) is 0 Å². The third-order valence-corrected chi connectivity index (χ3v) is 8.49. The molecule has 12 heteroatoms. The molecule has 4 aromatic rings.